The summed E-state index contributed by atoms with van der Waals surface area (Å²) in [6.07, 6.45) is 6.71. The van der Waals surface area contributed by atoms with Gasteiger partial charge in [-0.2, -0.15) is 0 Å². The summed E-state index contributed by atoms with van der Waals surface area (Å²) in [6.45, 7) is 3.01. The van der Waals surface area contributed by atoms with Gasteiger partial charge in [-0.05, 0) is 31.7 Å². The number of nitrogens with zero attached hydrogens (tertiary/aromatic N) is 4. The van der Waals surface area contributed by atoms with E-state index in [1.165, 1.54) is 0 Å². The van der Waals surface area contributed by atoms with Gasteiger partial charge in [-0.25, -0.2) is 9.97 Å². The van der Waals surface area contributed by atoms with Crippen LogP contribution >= 0.6 is 0 Å². The zero-order chi connectivity index (χ0) is 18.1. The first-order chi connectivity index (χ1) is 12.6. The molecule has 1 saturated carbocycles. The minimum Gasteiger partial charge on any atom is -0.330 e. The Morgan fingerprint density at radius 2 is 1.65 bits per heavy atom. The van der Waals surface area contributed by atoms with E-state index in [1.807, 2.05) is 37.3 Å². The molecular formula is C20H22N4O2. The molecule has 2 amide bonds. The van der Waals surface area contributed by atoms with Crippen molar-refractivity contribution in [3.63, 3.8) is 0 Å². The lowest BCUT2D eigenvalue weighted by Crippen LogP contribution is -2.59. The van der Waals surface area contributed by atoms with Crippen LogP contribution < -0.4 is 0 Å². The molecule has 2 fully saturated rings. The maximum atomic E-state index is 12.6. The summed E-state index contributed by atoms with van der Waals surface area (Å²) in [7, 11) is 0. The molecule has 134 valence electrons. The predicted molar refractivity (Wildman–Crippen MR) is 96.9 cm³/mol. The molecule has 0 spiro atoms. The van der Waals surface area contributed by atoms with Crippen molar-refractivity contribution in [2.45, 2.75) is 38.3 Å². The van der Waals surface area contributed by atoms with Gasteiger partial charge in [0.05, 0.1) is 6.04 Å². The van der Waals surface area contributed by atoms with Gasteiger partial charge in [-0.3, -0.25) is 9.59 Å². The Labute approximate surface area is 152 Å². The van der Waals surface area contributed by atoms with Crippen molar-refractivity contribution in [1.29, 1.82) is 0 Å². The van der Waals surface area contributed by atoms with Crippen LogP contribution in [0.3, 0.4) is 0 Å². The number of carbonyl (C=O) groups is 2. The van der Waals surface area contributed by atoms with E-state index in [2.05, 4.69) is 9.97 Å². The highest BCUT2D eigenvalue weighted by Gasteiger charge is 2.40. The Balaban J connectivity index is 1.48. The minimum atomic E-state index is -0.439. The summed E-state index contributed by atoms with van der Waals surface area (Å²) in [6, 6.07) is 9.85. The zero-order valence-electron chi connectivity index (χ0n) is 14.8. The lowest BCUT2D eigenvalue weighted by molar-refractivity contribution is -0.160. The van der Waals surface area contributed by atoms with Crippen LogP contribution in [-0.4, -0.2) is 50.7 Å². The molecule has 0 N–H and O–H groups in total. The molecule has 1 atom stereocenters. The van der Waals surface area contributed by atoms with E-state index in [9.17, 15) is 9.59 Å². The van der Waals surface area contributed by atoms with E-state index in [0.29, 0.717) is 18.9 Å². The van der Waals surface area contributed by atoms with Gasteiger partial charge in [0.15, 0.2) is 0 Å². The second kappa shape index (κ2) is 6.86. The Kier molecular flexibility index (Phi) is 4.41. The molecule has 1 aliphatic carbocycles. The summed E-state index contributed by atoms with van der Waals surface area (Å²) in [5, 5.41) is 0. The molecular weight excluding hydrogens is 328 g/mol. The quantitative estimate of drug-likeness (QED) is 0.795. The van der Waals surface area contributed by atoms with Crippen molar-refractivity contribution >= 4 is 11.8 Å². The van der Waals surface area contributed by atoms with Crippen LogP contribution in [0, 0.1) is 0 Å². The Morgan fingerprint density at radius 3 is 2.27 bits per heavy atom. The monoisotopic (exact) mass is 350 g/mol. The number of benzene rings is 1. The van der Waals surface area contributed by atoms with Crippen molar-refractivity contribution < 1.29 is 9.59 Å². The van der Waals surface area contributed by atoms with Gasteiger partial charge in [-0.1, -0.05) is 30.3 Å². The average molecular weight is 350 g/mol. The fourth-order valence-corrected chi connectivity index (χ4v) is 3.55. The van der Waals surface area contributed by atoms with Gasteiger partial charge >= 0.3 is 11.8 Å². The molecule has 0 radical (unpaired) electrons. The molecule has 1 aromatic heterocycles. The van der Waals surface area contributed by atoms with Crippen molar-refractivity contribution in [3.05, 3.63) is 48.5 Å². The number of amides is 2. The van der Waals surface area contributed by atoms with Crippen molar-refractivity contribution in [2.24, 2.45) is 0 Å². The molecule has 1 aromatic carbocycles. The van der Waals surface area contributed by atoms with E-state index in [4.69, 9.17) is 0 Å². The molecule has 2 aromatic rings. The third-order valence-corrected chi connectivity index (χ3v) is 5.42. The fourth-order valence-electron chi connectivity index (χ4n) is 3.55. The van der Waals surface area contributed by atoms with Crippen molar-refractivity contribution in [2.75, 3.05) is 13.1 Å². The van der Waals surface area contributed by atoms with Crippen LogP contribution in [-0.2, 0) is 9.59 Å². The van der Waals surface area contributed by atoms with Crippen LogP contribution in [0.25, 0.3) is 11.1 Å². The van der Waals surface area contributed by atoms with E-state index in [0.717, 1.165) is 30.4 Å². The maximum Gasteiger partial charge on any atom is 0.312 e. The molecule has 0 bridgehead atoms. The van der Waals surface area contributed by atoms with Gasteiger partial charge in [0, 0.05) is 37.1 Å². The minimum absolute atomic E-state index is 0.255. The number of aromatic nitrogens is 2. The van der Waals surface area contributed by atoms with Crippen LogP contribution in [0.1, 0.15) is 38.1 Å². The molecule has 4 rings (SSSR count). The Hall–Kier alpha value is -2.76. The third-order valence-electron chi connectivity index (χ3n) is 5.42. The van der Waals surface area contributed by atoms with Crippen molar-refractivity contribution in [1.82, 2.24) is 19.8 Å². The first-order valence-electron chi connectivity index (χ1n) is 9.14. The molecule has 1 saturated heterocycles. The lowest BCUT2D eigenvalue weighted by Gasteiger charge is -2.43. The largest absolute Gasteiger partial charge is 0.330 e. The van der Waals surface area contributed by atoms with Crippen LogP contribution in [0.5, 0.6) is 0 Å². The standard InChI is InChI=1S/C20H22N4O2/c1-14(18-21-12-16(13-22-18)15-6-3-2-4-7-15)23-10-11-24(17-8-5-9-17)20(26)19(23)25/h2-4,6-7,12-14,17H,5,8-11H2,1H3. The molecule has 6 nitrogen and oxygen atoms in total. The summed E-state index contributed by atoms with van der Waals surface area (Å²) in [5.41, 5.74) is 1.98. The van der Waals surface area contributed by atoms with Crippen molar-refractivity contribution in [3.8, 4) is 11.1 Å². The Bertz CT molecular complexity index is 802. The summed E-state index contributed by atoms with van der Waals surface area (Å²) in [5.74, 6) is -0.261. The van der Waals surface area contributed by atoms with E-state index in [1.54, 1.807) is 22.2 Å². The summed E-state index contributed by atoms with van der Waals surface area (Å²) < 4.78 is 0. The van der Waals surface area contributed by atoms with Gasteiger partial charge in [-0.15, -0.1) is 0 Å². The first-order valence-corrected chi connectivity index (χ1v) is 9.14. The highest BCUT2D eigenvalue weighted by molar-refractivity contribution is 6.35. The van der Waals surface area contributed by atoms with Gasteiger partial charge in [0.1, 0.15) is 5.82 Å². The van der Waals surface area contributed by atoms with Crippen LogP contribution in [0.2, 0.25) is 0 Å². The van der Waals surface area contributed by atoms with E-state index < -0.39 is 5.91 Å². The van der Waals surface area contributed by atoms with Gasteiger partial charge in [0.2, 0.25) is 0 Å². The second-order valence-corrected chi connectivity index (χ2v) is 6.95. The van der Waals surface area contributed by atoms with Gasteiger partial charge < -0.3 is 9.80 Å². The average Bonchev–Trinajstić information content (AvgIpc) is 2.64. The number of carbonyl (C=O) groups excluding carboxylic acids is 2. The number of rotatable bonds is 4. The number of hydrogen-bond donors (Lipinski definition) is 0. The van der Waals surface area contributed by atoms with E-state index >= 15 is 0 Å². The smallest absolute Gasteiger partial charge is 0.312 e. The molecule has 26 heavy (non-hydrogen) atoms. The normalized spacial score (nSPS) is 19.4. The topological polar surface area (TPSA) is 66.4 Å². The number of hydrogen-bond acceptors (Lipinski definition) is 4. The predicted octanol–water partition coefficient (Wildman–Crippen LogP) is 2.43. The fraction of sp³-hybridized carbons (Fsp3) is 0.400. The second-order valence-electron chi connectivity index (χ2n) is 6.95. The zero-order valence-corrected chi connectivity index (χ0v) is 14.8. The Morgan fingerprint density at radius 1 is 0.962 bits per heavy atom. The summed E-state index contributed by atoms with van der Waals surface area (Å²) in [4.78, 5) is 37.2. The molecule has 1 unspecified atom stereocenters. The van der Waals surface area contributed by atoms with E-state index in [-0.39, 0.29) is 18.0 Å². The third kappa shape index (κ3) is 2.96. The molecule has 1 aliphatic heterocycles. The summed E-state index contributed by atoms with van der Waals surface area (Å²) >= 11 is 0. The molecule has 2 heterocycles. The van der Waals surface area contributed by atoms with Crippen LogP contribution in [0.4, 0.5) is 0 Å². The highest BCUT2D eigenvalue weighted by Crippen LogP contribution is 2.28. The van der Waals surface area contributed by atoms with Gasteiger partial charge in [0.25, 0.3) is 0 Å². The SMILES string of the molecule is CC(c1ncc(-c2ccccc2)cn1)N1CCN(C2CCC2)C(=O)C1=O. The van der Waals surface area contributed by atoms with Crippen LogP contribution in [0.15, 0.2) is 42.7 Å². The molecule has 6 heteroatoms. The molecule has 2 aliphatic rings. The first kappa shape index (κ1) is 16.7. The maximum absolute atomic E-state index is 12.6. The lowest BCUT2D eigenvalue weighted by atomic mass is 9.91. The highest BCUT2D eigenvalue weighted by atomic mass is 16.2. The number of piperazine rings is 1.